The molecule has 0 spiro atoms. The van der Waals surface area contributed by atoms with Crippen LogP contribution in [0.3, 0.4) is 0 Å². The van der Waals surface area contributed by atoms with E-state index in [0.717, 1.165) is 28.1 Å². The van der Waals surface area contributed by atoms with Gasteiger partial charge in [-0.2, -0.15) is 30.3 Å². The van der Waals surface area contributed by atoms with E-state index in [2.05, 4.69) is 162 Å². The third kappa shape index (κ3) is 7.21. The Kier molecular flexibility index (Phi) is 9.46. The maximum Gasteiger partial charge on any atom is 3.00 e. The minimum atomic E-state index is 0. The fourth-order valence-corrected chi connectivity index (χ4v) is 4.76. The second kappa shape index (κ2) is 12.7. The fraction of sp³-hybridized carbons (Fsp3) is 0.231. The Labute approximate surface area is 264 Å². The predicted octanol–water partition coefficient (Wildman–Crippen LogP) is 10.1. The van der Waals surface area contributed by atoms with E-state index in [1.54, 1.807) is 0 Å². The first-order valence-corrected chi connectivity index (χ1v) is 14.2. The molecule has 0 unspecified atom stereocenters. The molecular formula is C39H37IrN2. The molecule has 0 aliphatic heterocycles. The number of fused-ring (bicyclic) bond motifs is 3. The average Bonchev–Trinajstić information content (AvgIpc) is 2.96. The molecule has 6 aromatic rings. The summed E-state index contributed by atoms with van der Waals surface area (Å²) in [5.41, 5.74) is 7.86. The van der Waals surface area contributed by atoms with Crippen molar-refractivity contribution in [1.82, 2.24) is 9.97 Å². The Bertz CT molecular complexity index is 1730. The molecule has 0 amide bonds. The summed E-state index contributed by atoms with van der Waals surface area (Å²) in [4.78, 5) is 8.90. The quantitative estimate of drug-likeness (QED) is 0.131. The van der Waals surface area contributed by atoms with Crippen LogP contribution in [-0.4, -0.2) is 9.97 Å². The zero-order valence-electron chi connectivity index (χ0n) is 25.5. The van der Waals surface area contributed by atoms with Crippen molar-refractivity contribution in [3.8, 4) is 22.4 Å². The molecule has 42 heavy (non-hydrogen) atoms. The van der Waals surface area contributed by atoms with Crippen LogP contribution in [0.2, 0.25) is 0 Å². The molecular weight excluding hydrogens is 689 g/mol. The van der Waals surface area contributed by atoms with Gasteiger partial charge in [0.15, 0.2) is 0 Å². The van der Waals surface area contributed by atoms with Crippen molar-refractivity contribution < 1.29 is 20.1 Å². The zero-order valence-corrected chi connectivity index (χ0v) is 27.9. The number of rotatable bonds is 2. The standard InChI is InChI=1S/C20H14N.C19H23N.Ir/c1-14-10-11-21-20(12-14)17-8-9-19-16(13-17)7-6-15-4-2-3-5-18(15)19;1-18(2,3)16-10-7-14(8-11-16)15-9-12-17(20-13-15)19(4,5)6;/h2-7,9-13H,1H3;7,9-12H,1-6H3;/q-1;-2;+3. The first kappa shape index (κ1) is 31.3. The minimum absolute atomic E-state index is 0. The predicted molar refractivity (Wildman–Crippen MR) is 173 cm³/mol. The molecule has 0 saturated heterocycles. The van der Waals surface area contributed by atoms with Gasteiger partial charge in [0.25, 0.3) is 0 Å². The Hall–Kier alpha value is -3.65. The van der Waals surface area contributed by atoms with Crippen molar-refractivity contribution in [3.63, 3.8) is 0 Å². The van der Waals surface area contributed by atoms with E-state index in [1.807, 2.05) is 12.3 Å². The summed E-state index contributed by atoms with van der Waals surface area (Å²) < 4.78 is 0. The molecule has 2 nitrogen and oxygen atoms in total. The fourth-order valence-electron chi connectivity index (χ4n) is 4.76. The van der Waals surface area contributed by atoms with Gasteiger partial charge >= 0.3 is 20.1 Å². The largest absolute Gasteiger partial charge is 3.00 e. The van der Waals surface area contributed by atoms with Crippen LogP contribution < -0.4 is 0 Å². The molecule has 2 aromatic heterocycles. The van der Waals surface area contributed by atoms with E-state index >= 15 is 0 Å². The van der Waals surface area contributed by atoms with Crippen LogP contribution in [-0.2, 0) is 30.9 Å². The van der Waals surface area contributed by atoms with Gasteiger partial charge < -0.3 is 9.97 Å². The van der Waals surface area contributed by atoms with Gasteiger partial charge in [-0.05, 0) is 40.6 Å². The number of benzene rings is 4. The van der Waals surface area contributed by atoms with Crippen molar-refractivity contribution in [3.05, 3.63) is 132 Å². The monoisotopic (exact) mass is 726 g/mol. The summed E-state index contributed by atoms with van der Waals surface area (Å²) >= 11 is 0. The number of aryl methyl sites for hydroxylation is 1. The second-order valence-electron chi connectivity index (χ2n) is 12.7. The van der Waals surface area contributed by atoms with Crippen molar-refractivity contribution in [2.75, 3.05) is 0 Å². The van der Waals surface area contributed by atoms with Gasteiger partial charge in [0.2, 0.25) is 0 Å². The second-order valence-corrected chi connectivity index (χ2v) is 12.7. The van der Waals surface area contributed by atoms with Gasteiger partial charge in [0, 0.05) is 6.20 Å². The van der Waals surface area contributed by atoms with Gasteiger partial charge in [-0.3, -0.25) is 0 Å². The molecule has 0 N–H and O–H groups in total. The van der Waals surface area contributed by atoms with Crippen molar-refractivity contribution in [1.29, 1.82) is 0 Å². The first-order chi connectivity index (χ1) is 19.5. The molecule has 0 saturated carbocycles. The van der Waals surface area contributed by atoms with Crippen molar-refractivity contribution >= 4 is 21.5 Å². The maximum atomic E-state index is 4.45. The van der Waals surface area contributed by atoms with E-state index in [1.165, 1.54) is 32.7 Å². The van der Waals surface area contributed by atoms with Gasteiger partial charge in [-0.25, -0.2) is 11.1 Å². The summed E-state index contributed by atoms with van der Waals surface area (Å²) in [5, 5.41) is 5.00. The van der Waals surface area contributed by atoms with E-state index < -0.39 is 0 Å². The van der Waals surface area contributed by atoms with Crippen LogP contribution in [0.1, 0.15) is 58.4 Å². The summed E-state index contributed by atoms with van der Waals surface area (Å²) in [6.07, 6.45) is 4.99. The summed E-state index contributed by atoms with van der Waals surface area (Å²) in [5.74, 6) is 0. The van der Waals surface area contributed by atoms with Crippen LogP contribution in [0.5, 0.6) is 0 Å². The Morgan fingerprint density at radius 2 is 1.33 bits per heavy atom. The van der Waals surface area contributed by atoms with Crippen LogP contribution in [0, 0.1) is 25.3 Å². The molecule has 0 aliphatic rings. The van der Waals surface area contributed by atoms with Crippen molar-refractivity contribution in [2.45, 2.75) is 59.3 Å². The molecule has 0 radical (unpaired) electrons. The SMILES string of the molecule is CC(C)(C)c1c[c-]c(-c2[c-]nc(C(C)(C)C)cc2)cc1.Cc1ccnc(-c2[c-]cc3c(ccc4ccccc43)c2)c1.[Ir+3]. The molecule has 0 bridgehead atoms. The van der Waals surface area contributed by atoms with Crippen LogP contribution in [0.4, 0.5) is 0 Å². The molecule has 0 aliphatic carbocycles. The normalized spacial score (nSPS) is 11.5. The minimum Gasteiger partial charge on any atom is -0.367 e. The van der Waals surface area contributed by atoms with E-state index in [0.29, 0.717) is 0 Å². The summed E-state index contributed by atoms with van der Waals surface area (Å²) in [6, 6.07) is 38.4. The van der Waals surface area contributed by atoms with Crippen LogP contribution in [0.25, 0.3) is 43.9 Å². The Balaban J connectivity index is 0.000000189. The van der Waals surface area contributed by atoms with E-state index in [9.17, 15) is 0 Å². The zero-order chi connectivity index (χ0) is 29.2. The van der Waals surface area contributed by atoms with Crippen LogP contribution in [0.15, 0.2) is 97.2 Å². The summed E-state index contributed by atoms with van der Waals surface area (Å²) in [7, 11) is 0. The molecule has 3 heteroatoms. The third-order valence-electron chi connectivity index (χ3n) is 7.31. The molecule has 6 rings (SSSR count). The van der Waals surface area contributed by atoms with E-state index in [-0.39, 0.29) is 30.9 Å². The smallest absolute Gasteiger partial charge is 0.367 e. The molecule has 4 aromatic carbocycles. The topological polar surface area (TPSA) is 25.8 Å². The van der Waals surface area contributed by atoms with Crippen LogP contribution >= 0.6 is 0 Å². The number of pyridine rings is 2. The average molecular weight is 726 g/mol. The maximum absolute atomic E-state index is 4.45. The Morgan fingerprint density at radius 1 is 0.619 bits per heavy atom. The van der Waals surface area contributed by atoms with Gasteiger partial charge in [0.1, 0.15) is 0 Å². The number of aromatic nitrogens is 2. The molecule has 212 valence electrons. The molecule has 0 fully saturated rings. The molecule has 2 heterocycles. The van der Waals surface area contributed by atoms with Gasteiger partial charge in [0.05, 0.1) is 0 Å². The number of nitrogens with zero attached hydrogens (tertiary/aromatic N) is 2. The third-order valence-corrected chi connectivity index (χ3v) is 7.31. The molecule has 0 atom stereocenters. The van der Waals surface area contributed by atoms with Gasteiger partial charge in [-0.1, -0.05) is 107 Å². The Morgan fingerprint density at radius 3 is 1.98 bits per heavy atom. The number of hydrogen-bond acceptors (Lipinski definition) is 2. The number of hydrogen-bond donors (Lipinski definition) is 0. The van der Waals surface area contributed by atoms with Crippen molar-refractivity contribution in [2.24, 2.45) is 0 Å². The van der Waals surface area contributed by atoms with Gasteiger partial charge in [-0.15, -0.1) is 40.8 Å². The summed E-state index contributed by atoms with van der Waals surface area (Å²) in [6.45, 7) is 15.2. The van der Waals surface area contributed by atoms with E-state index in [4.69, 9.17) is 0 Å². The first-order valence-electron chi connectivity index (χ1n) is 14.2.